The van der Waals surface area contributed by atoms with Crippen molar-refractivity contribution >= 4 is 27.7 Å². The van der Waals surface area contributed by atoms with Gasteiger partial charge in [-0.15, -0.1) is 0 Å². The third-order valence-electron chi connectivity index (χ3n) is 4.51. The van der Waals surface area contributed by atoms with Crippen LogP contribution in [0.25, 0.3) is 0 Å². The first-order valence-corrected chi connectivity index (χ1v) is 9.92. The van der Waals surface area contributed by atoms with Crippen molar-refractivity contribution in [1.82, 2.24) is 9.78 Å². The average Bonchev–Trinajstić information content (AvgIpc) is 3.14. The zero-order valence-electron chi connectivity index (χ0n) is 15.2. The highest BCUT2D eigenvalue weighted by Gasteiger charge is 2.13. The number of benzene rings is 2. The number of ether oxygens (including phenoxy) is 2. The van der Waals surface area contributed by atoms with Crippen LogP contribution in [0.4, 0.5) is 5.82 Å². The van der Waals surface area contributed by atoms with Crippen molar-refractivity contribution in [3.8, 4) is 11.5 Å². The van der Waals surface area contributed by atoms with E-state index in [2.05, 4.69) is 26.3 Å². The maximum atomic E-state index is 12.4. The maximum absolute atomic E-state index is 12.4. The number of hydrogen-bond acceptors (Lipinski definition) is 4. The molecule has 1 aliphatic rings. The van der Waals surface area contributed by atoms with E-state index in [1.54, 1.807) is 16.9 Å². The molecule has 1 aromatic heterocycles. The molecule has 0 saturated heterocycles. The van der Waals surface area contributed by atoms with Gasteiger partial charge in [-0.25, -0.2) is 4.68 Å². The number of aromatic nitrogens is 2. The van der Waals surface area contributed by atoms with Crippen LogP contribution in [0.3, 0.4) is 0 Å². The molecule has 0 saturated carbocycles. The van der Waals surface area contributed by atoms with Gasteiger partial charge in [0.05, 0.1) is 12.7 Å². The molecular formula is C21H20BrN3O3. The summed E-state index contributed by atoms with van der Waals surface area (Å²) in [6.07, 6.45) is 2.69. The zero-order chi connectivity index (χ0) is 19.3. The lowest BCUT2D eigenvalue weighted by atomic mass is 10.1. The third kappa shape index (κ3) is 4.36. The quantitative estimate of drug-likeness (QED) is 0.626. The zero-order valence-corrected chi connectivity index (χ0v) is 16.8. The van der Waals surface area contributed by atoms with Crippen LogP contribution in [-0.4, -0.2) is 28.9 Å². The minimum atomic E-state index is -0.0521. The first kappa shape index (κ1) is 18.6. The number of fused-ring (bicyclic) bond motifs is 1. The van der Waals surface area contributed by atoms with Crippen LogP contribution in [0.2, 0.25) is 0 Å². The van der Waals surface area contributed by atoms with E-state index in [4.69, 9.17) is 9.47 Å². The van der Waals surface area contributed by atoms with Crippen LogP contribution in [0.15, 0.2) is 59.2 Å². The lowest BCUT2D eigenvalue weighted by molar-refractivity contribution is -0.116. The van der Waals surface area contributed by atoms with E-state index in [1.807, 2.05) is 42.5 Å². The number of hydrogen-bond donors (Lipinski definition) is 1. The molecule has 28 heavy (non-hydrogen) atoms. The lowest BCUT2D eigenvalue weighted by Gasteiger charge is -2.18. The van der Waals surface area contributed by atoms with E-state index in [-0.39, 0.29) is 5.91 Å². The highest BCUT2D eigenvalue weighted by Crippen LogP contribution is 2.31. The molecule has 0 atom stereocenters. The van der Waals surface area contributed by atoms with Gasteiger partial charge in [-0.1, -0.05) is 40.2 Å². The summed E-state index contributed by atoms with van der Waals surface area (Å²) in [6.45, 7) is 1.70. The van der Waals surface area contributed by atoms with Crippen LogP contribution in [0.5, 0.6) is 11.5 Å². The molecule has 3 aromatic rings. The Morgan fingerprint density at radius 3 is 2.79 bits per heavy atom. The summed E-state index contributed by atoms with van der Waals surface area (Å²) < 4.78 is 13.9. The number of carbonyl (C=O) groups is 1. The second-order valence-electron chi connectivity index (χ2n) is 6.49. The highest BCUT2D eigenvalue weighted by molar-refractivity contribution is 9.10. The monoisotopic (exact) mass is 441 g/mol. The molecule has 1 aliphatic heterocycles. The Bertz CT molecular complexity index is 987. The fourth-order valence-electron chi connectivity index (χ4n) is 3.06. The van der Waals surface area contributed by atoms with Crippen LogP contribution in [0.1, 0.15) is 17.5 Å². The van der Waals surface area contributed by atoms with Crippen molar-refractivity contribution in [1.29, 1.82) is 0 Å². The Morgan fingerprint density at radius 1 is 1.11 bits per heavy atom. The van der Waals surface area contributed by atoms with Gasteiger partial charge in [0.15, 0.2) is 11.5 Å². The van der Waals surface area contributed by atoms with E-state index in [9.17, 15) is 4.79 Å². The van der Waals surface area contributed by atoms with Crippen LogP contribution in [-0.2, 0) is 17.8 Å². The van der Waals surface area contributed by atoms with Crippen LogP contribution < -0.4 is 14.8 Å². The van der Waals surface area contributed by atoms with Crippen molar-refractivity contribution in [2.75, 3.05) is 18.5 Å². The van der Waals surface area contributed by atoms with Gasteiger partial charge in [-0.2, -0.15) is 5.10 Å². The van der Waals surface area contributed by atoms with E-state index in [0.717, 1.165) is 27.1 Å². The summed E-state index contributed by atoms with van der Waals surface area (Å²) >= 11 is 3.55. The van der Waals surface area contributed by atoms with Gasteiger partial charge < -0.3 is 14.8 Å². The summed E-state index contributed by atoms with van der Waals surface area (Å²) in [5.74, 6) is 2.14. The van der Waals surface area contributed by atoms with Gasteiger partial charge in [0.1, 0.15) is 19.0 Å². The smallest absolute Gasteiger partial charge is 0.225 e. The summed E-state index contributed by atoms with van der Waals surface area (Å²) in [4.78, 5) is 12.4. The van der Waals surface area contributed by atoms with Gasteiger partial charge in [0.2, 0.25) is 5.91 Å². The van der Waals surface area contributed by atoms with Gasteiger partial charge in [-0.3, -0.25) is 4.79 Å². The first-order chi connectivity index (χ1) is 13.7. The van der Waals surface area contributed by atoms with Gasteiger partial charge in [0, 0.05) is 17.0 Å². The molecule has 0 radical (unpaired) electrons. The number of carbonyl (C=O) groups excluding carboxylic acids is 1. The van der Waals surface area contributed by atoms with Gasteiger partial charge >= 0.3 is 0 Å². The minimum Gasteiger partial charge on any atom is -0.486 e. The molecule has 1 N–H and O–H groups in total. The third-order valence-corrected chi connectivity index (χ3v) is 5.28. The second kappa shape index (κ2) is 8.48. The minimum absolute atomic E-state index is 0.0521. The van der Waals surface area contributed by atoms with Crippen molar-refractivity contribution in [2.24, 2.45) is 0 Å². The van der Waals surface area contributed by atoms with Crippen molar-refractivity contribution < 1.29 is 14.3 Å². The average molecular weight is 442 g/mol. The van der Waals surface area contributed by atoms with E-state index in [0.29, 0.717) is 38.4 Å². The number of anilines is 1. The molecule has 4 rings (SSSR count). The van der Waals surface area contributed by atoms with E-state index >= 15 is 0 Å². The van der Waals surface area contributed by atoms with Crippen molar-refractivity contribution in [3.63, 3.8) is 0 Å². The summed E-state index contributed by atoms with van der Waals surface area (Å²) in [7, 11) is 0. The summed E-state index contributed by atoms with van der Waals surface area (Å²) in [5, 5.41) is 7.28. The second-order valence-corrected chi connectivity index (χ2v) is 7.35. The Balaban J connectivity index is 1.36. The number of aryl methyl sites for hydroxylation is 1. The number of nitrogens with one attached hydrogen (secondary N) is 1. The standard InChI is InChI=1S/C21H20BrN3O3/c22-17-4-2-1-3-16(17)14-25-20(9-10-23-25)24-21(26)8-6-15-5-7-18-19(13-15)28-12-11-27-18/h1-5,7,9-10,13H,6,8,11-12,14H2,(H,24,26). The Morgan fingerprint density at radius 2 is 1.93 bits per heavy atom. The van der Waals surface area contributed by atoms with Crippen molar-refractivity contribution in [3.05, 3.63) is 70.3 Å². The summed E-state index contributed by atoms with van der Waals surface area (Å²) in [6, 6.07) is 15.6. The Hall–Kier alpha value is -2.80. The first-order valence-electron chi connectivity index (χ1n) is 9.12. The molecule has 144 valence electrons. The van der Waals surface area contributed by atoms with Crippen LogP contribution >= 0.6 is 15.9 Å². The number of nitrogens with zero attached hydrogens (tertiary/aromatic N) is 2. The topological polar surface area (TPSA) is 65.4 Å². The predicted octanol–water partition coefficient (Wildman–Crippen LogP) is 4.04. The number of halogens is 1. The van der Waals surface area contributed by atoms with E-state index in [1.165, 1.54) is 0 Å². The molecule has 1 amide bonds. The summed E-state index contributed by atoms with van der Waals surface area (Å²) in [5.41, 5.74) is 2.14. The molecule has 0 spiro atoms. The van der Waals surface area contributed by atoms with E-state index < -0.39 is 0 Å². The molecule has 0 fully saturated rings. The molecule has 2 aromatic carbocycles. The fraction of sp³-hybridized carbons (Fsp3) is 0.238. The molecule has 6 nitrogen and oxygen atoms in total. The Kier molecular flexibility index (Phi) is 5.62. The largest absolute Gasteiger partial charge is 0.486 e. The maximum Gasteiger partial charge on any atom is 0.225 e. The molecule has 2 heterocycles. The Labute approximate surface area is 171 Å². The molecular weight excluding hydrogens is 422 g/mol. The molecule has 0 unspecified atom stereocenters. The SMILES string of the molecule is O=C(CCc1ccc2c(c1)OCCO2)Nc1ccnn1Cc1ccccc1Br. The molecule has 0 aliphatic carbocycles. The van der Waals surface area contributed by atoms with Crippen LogP contribution in [0, 0.1) is 0 Å². The molecule has 7 heteroatoms. The van der Waals surface area contributed by atoms with Gasteiger partial charge in [0.25, 0.3) is 0 Å². The van der Waals surface area contributed by atoms with Crippen molar-refractivity contribution in [2.45, 2.75) is 19.4 Å². The lowest BCUT2D eigenvalue weighted by Crippen LogP contribution is -2.17. The number of rotatable bonds is 6. The molecule has 0 bridgehead atoms. The van der Waals surface area contributed by atoms with Gasteiger partial charge in [-0.05, 0) is 35.7 Å². The normalized spacial score (nSPS) is 12.6. The predicted molar refractivity (Wildman–Crippen MR) is 110 cm³/mol. The highest BCUT2D eigenvalue weighted by atomic mass is 79.9. The fourth-order valence-corrected chi connectivity index (χ4v) is 3.47. The number of amides is 1.